The zero-order valence-corrected chi connectivity index (χ0v) is 19.0. The number of halogens is 3. The highest BCUT2D eigenvalue weighted by Gasteiger charge is 2.24. The van der Waals surface area contributed by atoms with Crippen molar-refractivity contribution in [3.8, 4) is 5.69 Å². The highest BCUT2D eigenvalue weighted by Crippen LogP contribution is 2.29. The van der Waals surface area contributed by atoms with Gasteiger partial charge in [-0.05, 0) is 55.3 Å². The van der Waals surface area contributed by atoms with E-state index in [-0.39, 0.29) is 17.0 Å². The molecular formula is C25H23F3N6O. The Labute approximate surface area is 199 Å². The molecule has 1 saturated heterocycles. The van der Waals surface area contributed by atoms with E-state index in [2.05, 4.69) is 20.5 Å². The molecule has 1 N–H and O–H groups in total. The Hall–Kier alpha value is -3.92. The van der Waals surface area contributed by atoms with Gasteiger partial charge in [0.2, 0.25) is 5.95 Å². The molecule has 1 fully saturated rings. The minimum Gasteiger partial charge on any atom is -0.399 e. The molecule has 1 aliphatic rings. The highest BCUT2D eigenvalue weighted by molar-refractivity contribution is 6.14. The monoisotopic (exact) mass is 480 g/mol. The maximum absolute atomic E-state index is 15.1. The number of hydrazine groups is 1. The molecule has 7 nitrogen and oxygen atoms in total. The SMILES string of the molecule is CO/N=C(\c1ccc(F)cc1)c1cc2cnc(NN3CCCCC3)nc2n1-c1c(F)cccc1F. The van der Waals surface area contributed by atoms with Crippen LogP contribution in [0.1, 0.15) is 30.5 Å². The molecule has 0 amide bonds. The lowest BCUT2D eigenvalue weighted by molar-refractivity contribution is 0.214. The summed E-state index contributed by atoms with van der Waals surface area (Å²) in [6, 6.07) is 10.9. The van der Waals surface area contributed by atoms with Crippen LogP contribution in [0.2, 0.25) is 0 Å². The summed E-state index contributed by atoms with van der Waals surface area (Å²) in [6.45, 7) is 1.70. The molecule has 1 aliphatic heterocycles. The third kappa shape index (κ3) is 4.57. The molecule has 3 heterocycles. The van der Waals surface area contributed by atoms with Crippen molar-refractivity contribution in [2.75, 3.05) is 25.6 Å². The summed E-state index contributed by atoms with van der Waals surface area (Å²) in [5.74, 6) is -1.66. The first-order valence-electron chi connectivity index (χ1n) is 11.3. The number of para-hydroxylation sites is 1. The summed E-state index contributed by atoms with van der Waals surface area (Å²) in [6.07, 6.45) is 4.87. The maximum Gasteiger partial charge on any atom is 0.239 e. The van der Waals surface area contributed by atoms with Gasteiger partial charge in [0.05, 0.1) is 5.69 Å². The van der Waals surface area contributed by atoms with Crippen molar-refractivity contribution >= 4 is 22.7 Å². The van der Waals surface area contributed by atoms with E-state index in [0.29, 0.717) is 22.6 Å². The number of aromatic nitrogens is 3. The Kier molecular flexibility index (Phi) is 6.37. The molecule has 0 unspecified atom stereocenters. The normalized spacial score (nSPS) is 14.9. The fraction of sp³-hybridized carbons (Fsp3) is 0.240. The second-order valence-electron chi connectivity index (χ2n) is 8.20. The number of hydrogen-bond donors (Lipinski definition) is 1. The lowest BCUT2D eigenvalue weighted by Gasteiger charge is -2.26. The van der Waals surface area contributed by atoms with Crippen LogP contribution in [-0.4, -0.2) is 45.5 Å². The molecule has 0 atom stereocenters. The molecule has 0 spiro atoms. The van der Waals surface area contributed by atoms with Gasteiger partial charge in [0.15, 0.2) is 5.65 Å². The topological polar surface area (TPSA) is 67.6 Å². The van der Waals surface area contributed by atoms with Gasteiger partial charge in [0, 0.05) is 30.2 Å². The zero-order valence-electron chi connectivity index (χ0n) is 19.0. The van der Waals surface area contributed by atoms with Crippen LogP contribution in [0.5, 0.6) is 0 Å². The first-order valence-corrected chi connectivity index (χ1v) is 11.3. The molecule has 0 radical (unpaired) electrons. The smallest absolute Gasteiger partial charge is 0.239 e. The van der Waals surface area contributed by atoms with Crippen LogP contribution in [0.3, 0.4) is 0 Å². The van der Waals surface area contributed by atoms with Crippen molar-refractivity contribution in [1.82, 2.24) is 19.5 Å². The quantitative estimate of drug-likeness (QED) is 0.309. The van der Waals surface area contributed by atoms with E-state index in [9.17, 15) is 4.39 Å². The zero-order chi connectivity index (χ0) is 24.4. The van der Waals surface area contributed by atoms with Gasteiger partial charge in [-0.1, -0.05) is 17.6 Å². The van der Waals surface area contributed by atoms with E-state index in [1.54, 1.807) is 12.3 Å². The fourth-order valence-corrected chi connectivity index (χ4v) is 4.24. The van der Waals surface area contributed by atoms with Crippen molar-refractivity contribution < 1.29 is 18.0 Å². The Balaban J connectivity index is 1.72. The predicted molar refractivity (Wildman–Crippen MR) is 127 cm³/mol. The predicted octanol–water partition coefficient (Wildman–Crippen LogP) is 5.05. The van der Waals surface area contributed by atoms with Gasteiger partial charge in [0.25, 0.3) is 0 Å². The van der Waals surface area contributed by atoms with Crippen molar-refractivity contribution in [3.05, 3.63) is 83.4 Å². The van der Waals surface area contributed by atoms with E-state index < -0.39 is 17.5 Å². The average molecular weight is 480 g/mol. The summed E-state index contributed by atoms with van der Waals surface area (Å²) in [4.78, 5) is 14.1. The number of fused-ring (bicyclic) bond motifs is 1. The van der Waals surface area contributed by atoms with E-state index in [0.717, 1.165) is 25.9 Å². The Morgan fingerprint density at radius 2 is 1.71 bits per heavy atom. The van der Waals surface area contributed by atoms with Crippen LogP contribution in [0.25, 0.3) is 16.7 Å². The fourth-order valence-electron chi connectivity index (χ4n) is 4.24. The number of nitrogens with zero attached hydrogens (tertiary/aromatic N) is 5. The van der Waals surface area contributed by atoms with Crippen LogP contribution in [0.4, 0.5) is 19.1 Å². The largest absolute Gasteiger partial charge is 0.399 e. The maximum atomic E-state index is 15.1. The summed E-state index contributed by atoms with van der Waals surface area (Å²) in [7, 11) is 1.36. The van der Waals surface area contributed by atoms with Gasteiger partial charge in [-0.25, -0.2) is 23.2 Å². The van der Waals surface area contributed by atoms with E-state index in [4.69, 9.17) is 4.84 Å². The third-order valence-electron chi connectivity index (χ3n) is 5.86. The number of hydrogen-bond acceptors (Lipinski definition) is 6. The van der Waals surface area contributed by atoms with Crippen molar-refractivity contribution in [3.63, 3.8) is 0 Å². The molecular weight excluding hydrogens is 457 g/mol. The Bertz CT molecular complexity index is 1360. The lowest BCUT2D eigenvalue weighted by Crippen LogP contribution is -2.35. The first kappa shape index (κ1) is 22.9. The van der Waals surface area contributed by atoms with E-state index >= 15 is 8.78 Å². The molecule has 0 saturated carbocycles. The van der Waals surface area contributed by atoms with Gasteiger partial charge in [-0.2, -0.15) is 4.98 Å². The lowest BCUT2D eigenvalue weighted by atomic mass is 10.1. The second kappa shape index (κ2) is 9.75. The van der Waals surface area contributed by atoms with Crippen LogP contribution < -0.4 is 5.43 Å². The number of rotatable bonds is 6. The number of nitrogens with one attached hydrogen (secondary N) is 1. The minimum absolute atomic E-state index is 0.249. The number of benzene rings is 2. The van der Waals surface area contributed by atoms with Crippen molar-refractivity contribution in [1.29, 1.82) is 0 Å². The number of piperidine rings is 1. The summed E-state index contributed by atoms with van der Waals surface area (Å²) in [5.41, 5.74) is 4.21. The first-order chi connectivity index (χ1) is 17.0. The number of anilines is 1. The summed E-state index contributed by atoms with van der Waals surface area (Å²) in [5, 5.41) is 6.67. The third-order valence-corrected chi connectivity index (χ3v) is 5.86. The molecule has 4 aromatic rings. The summed E-state index contributed by atoms with van der Waals surface area (Å²) >= 11 is 0. The molecule has 0 bridgehead atoms. The second-order valence-corrected chi connectivity index (χ2v) is 8.20. The highest BCUT2D eigenvalue weighted by atomic mass is 19.1. The molecule has 2 aromatic carbocycles. The van der Waals surface area contributed by atoms with Crippen LogP contribution in [0.15, 0.2) is 59.9 Å². The van der Waals surface area contributed by atoms with Crippen molar-refractivity contribution in [2.24, 2.45) is 5.16 Å². The standard InChI is InChI=1S/C25H23F3N6O/c1-35-32-22(16-8-10-18(26)11-9-16)21-14-17-15-29-25(31-33-12-3-2-4-13-33)30-24(17)34(21)23-19(27)6-5-7-20(23)28/h5-11,14-15H,2-4,12-13H2,1H3,(H,29,30,31)/b32-22+. The molecule has 2 aromatic heterocycles. The Morgan fingerprint density at radius 1 is 1.00 bits per heavy atom. The summed E-state index contributed by atoms with van der Waals surface area (Å²) < 4.78 is 45.0. The molecule has 0 aliphatic carbocycles. The van der Waals surface area contributed by atoms with Gasteiger partial charge in [-0.3, -0.25) is 9.99 Å². The van der Waals surface area contributed by atoms with Gasteiger partial charge < -0.3 is 4.84 Å². The molecule has 180 valence electrons. The van der Waals surface area contributed by atoms with Crippen LogP contribution in [-0.2, 0) is 4.84 Å². The molecule has 10 heteroatoms. The van der Waals surface area contributed by atoms with Crippen molar-refractivity contribution in [2.45, 2.75) is 19.3 Å². The van der Waals surface area contributed by atoms with Gasteiger partial charge >= 0.3 is 0 Å². The van der Waals surface area contributed by atoms with Crippen LogP contribution >= 0.6 is 0 Å². The van der Waals surface area contributed by atoms with E-state index in [1.165, 1.54) is 60.6 Å². The number of oxime groups is 1. The van der Waals surface area contributed by atoms with Crippen LogP contribution in [0, 0.1) is 17.5 Å². The Morgan fingerprint density at radius 3 is 2.40 bits per heavy atom. The van der Waals surface area contributed by atoms with E-state index in [1.807, 2.05) is 5.01 Å². The van der Waals surface area contributed by atoms with Gasteiger partial charge in [-0.15, -0.1) is 0 Å². The molecule has 35 heavy (non-hydrogen) atoms. The average Bonchev–Trinajstić information content (AvgIpc) is 3.22. The molecule has 5 rings (SSSR count). The minimum atomic E-state index is -0.774. The van der Waals surface area contributed by atoms with Gasteiger partial charge in [0.1, 0.15) is 36.0 Å².